The van der Waals surface area contributed by atoms with Gasteiger partial charge in [-0.2, -0.15) is 0 Å². The van der Waals surface area contributed by atoms with E-state index in [4.69, 9.17) is 4.74 Å². The van der Waals surface area contributed by atoms with Crippen molar-refractivity contribution in [3.05, 3.63) is 66.7 Å². The molecule has 0 aliphatic carbocycles. The Balaban J connectivity index is 1.95. The fourth-order valence-corrected chi connectivity index (χ4v) is 3.59. The maximum Gasteiger partial charge on any atom is 0.234 e. The topological polar surface area (TPSA) is 56.5 Å². The predicted octanol–water partition coefficient (Wildman–Crippen LogP) is 3.95. The quantitative estimate of drug-likeness (QED) is 0.537. The standard InChI is InChI=1S/C20H16FN3O2S/c1-26-15-7-4-13(5-8-15)18-19(24-11-3-10-22-20(24)23-18)14-6-9-17(27(2)25)16(21)12-14/h3-12H,1-2H3. The second-order valence-corrected chi connectivity index (χ2v) is 7.27. The Morgan fingerprint density at radius 1 is 1.11 bits per heavy atom. The van der Waals surface area contributed by atoms with Gasteiger partial charge in [-0.1, -0.05) is 6.07 Å². The van der Waals surface area contributed by atoms with Crippen LogP contribution in [0.5, 0.6) is 5.75 Å². The van der Waals surface area contributed by atoms with E-state index in [9.17, 15) is 8.60 Å². The predicted molar refractivity (Wildman–Crippen MR) is 103 cm³/mol. The van der Waals surface area contributed by atoms with Crippen LogP contribution in [0, 0.1) is 5.82 Å². The molecule has 5 nitrogen and oxygen atoms in total. The molecular weight excluding hydrogens is 365 g/mol. The minimum absolute atomic E-state index is 0.177. The average molecular weight is 381 g/mol. The number of nitrogens with zero attached hydrogens (tertiary/aromatic N) is 3. The van der Waals surface area contributed by atoms with E-state index in [0.29, 0.717) is 17.0 Å². The van der Waals surface area contributed by atoms with Crippen molar-refractivity contribution in [1.29, 1.82) is 0 Å². The second kappa shape index (κ2) is 6.92. The zero-order chi connectivity index (χ0) is 19.0. The lowest BCUT2D eigenvalue weighted by Crippen LogP contribution is -1.95. The monoisotopic (exact) mass is 381 g/mol. The molecule has 1 atom stereocenters. The molecule has 1 unspecified atom stereocenters. The van der Waals surface area contributed by atoms with Crippen molar-refractivity contribution in [2.24, 2.45) is 0 Å². The Morgan fingerprint density at radius 2 is 1.85 bits per heavy atom. The lowest BCUT2D eigenvalue weighted by Gasteiger charge is -2.08. The van der Waals surface area contributed by atoms with Gasteiger partial charge < -0.3 is 4.74 Å². The van der Waals surface area contributed by atoms with Crippen LogP contribution < -0.4 is 4.74 Å². The van der Waals surface area contributed by atoms with E-state index in [1.807, 2.05) is 34.9 Å². The van der Waals surface area contributed by atoms with Gasteiger partial charge in [0.05, 0.1) is 34.2 Å². The Hall–Kier alpha value is -3.06. The van der Waals surface area contributed by atoms with Gasteiger partial charge in [-0.05, 0) is 42.5 Å². The lowest BCUT2D eigenvalue weighted by molar-refractivity contribution is 0.415. The van der Waals surface area contributed by atoms with Gasteiger partial charge in [-0.25, -0.2) is 14.4 Å². The van der Waals surface area contributed by atoms with Gasteiger partial charge in [-0.15, -0.1) is 0 Å². The molecule has 0 fully saturated rings. The minimum Gasteiger partial charge on any atom is -0.497 e. The summed E-state index contributed by atoms with van der Waals surface area (Å²) in [5, 5.41) is 0. The molecular formula is C20H16FN3O2S. The first-order valence-corrected chi connectivity index (χ1v) is 9.75. The molecule has 2 aromatic carbocycles. The molecule has 0 radical (unpaired) electrons. The van der Waals surface area contributed by atoms with E-state index < -0.39 is 16.6 Å². The van der Waals surface area contributed by atoms with Gasteiger partial charge in [0.15, 0.2) is 0 Å². The highest BCUT2D eigenvalue weighted by molar-refractivity contribution is 7.84. The molecule has 0 spiro atoms. The third-order valence-electron chi connectivity index (χ3n) is 4.28. The summed E-state index contributed by atoms with van der Waals surface area (Å²) in [6.45, 7) is 0. The number of hydrogen-bond acceptors (Lipinski definition) is 4. The third kappa shape index (κ3) is 3.10. The minimum atomic E-state index is -1.39. The number of halogens is 1. The van der Waals surface area contributed by atoms with Gasteiger partial charge in [-0.3, -0.25) is 8.61 Å². The summed E-state index contributed by atoms with van der Waals surface area (Å²) in [6, 6.07) is 14.0. The molecule has 0 saturated carbocycles. The summed E-state index contributed by atoms with van der Waals surface area (Å²) in [7, 11) is 0.217. The molecule has 0 saturated heterocycles. The summed E-state index contributed by atoms with van der Waals surface area (Å²) in [6.07, 6.45) is 4.95. The second-order valence-electron chi connectivity index (χ2n) is 5.93. The van der Waals surface area contributed by atoms with Crippen LogP contribution in [-0.4, -0.2) is 31.9 Å². The van der Waals surface area contributed by atoms with Gasteiger partial charge in [0, 0.05) is 29.8 Å². The SMILES string of the molecule is COc1ccc(-c2nc3ncccn3c2-c2ccc(S(C)=O)c(F)c2)cc1. The van der Waals surface area contributed by atoms with Gasteiger partial charge in [0.1, 0.15) is 11.6 Å². The Bertz CT molecular complexity index is 1160. The van der Waals surface area contributed by atoms with Gasteiger partial charge in [0.25, 0.3) is 0 Å². The zero-order valence-corrected chi connectivity index (χ0v) is 15.5. The highest BCUT2D eigenvalue weighted by Crippen LogP contribution is 2.34. The van der Waals surface area contributed by atoms with Crippen LogP contribution in [0.25, 0.3) is 28.3 Å². The van der Waals surface area contributed by atoms with Gasteiger partial charge >= 0.3 is 0 Å². The van der Waals surface area contributed by atoms with Crippen molar-refractivity contribution in [3.63, 3.8) is 0 Å². The molecule has 0 aliphatic rings. The van der Waals surface area contributed by atoms with Crippen molar-refractivity contribution >= 4 is 16.6 Å². The summed E-state index contributed by atoms with van der Waals surface area (Å²) in [5.41, 5.74) is 2.89. The maximum atomic E-state index is 14.5. The molecule has 27 heavy (non-hydrogen) atoms. The van der Waals surface area contributed by atoms with Crippen LogP contribution in [0.4, 0.5) is 4.39 Å². The van der Waals surface area contributed by atoms with Crippen LogP contribution in [-0.2, 0) is 10.8 Å². The molecule has 136 valence electrons. The smallest absolute Gasteiger partial charge is 0.234 e. The fraction of sp³-hybridized carbons (Fsp3) is 0.100. The fourth-order valence-electron chi connectivity index (χ4n) is 2.99. The lowest BCUT2D eigenvalue weighted by atomic mass is 10.0. The Labute approximate surface area is 157 Å². The summed E-state index contributed by atoms with van der Waals surface area (Å²) in [5.74, 6) is 0.748. The maximum absolute atomic E-state index is 14.5. The van der Waals surface area contributed by atoms with E-state index in [1.54, 1.807) is 31.5 Å². The number of fused-ring (bicyclic) bond motifs is 1. The molecule has 2 aromatic heterocycles. The first kappa shape index (κ1) is 17.4. The normalized spacial score (nSPS) is 12.3. The van der Waals surface area contributed by atoms with Crippen LogP contribution in [0.15, 0.2) is 65.8 Å². The third-order valence-corrected chi connectivity index (χ3v) is 5.23. The number of imidazole rings is 1. The van der Waals surface area contributed by atoms with E-state index >= 15 is 0 Å². The number of benzene rings is 2. The van der Waals surface area contributed by atoms with Gasteiger partial charge in [0.2, 0.25) is 5.78 Å². The summed E-state index contributed by atoms with van der Waals surface area (Å²) < 4.78 is 33.2. The molecule has 4 aromatic rings. The number of ether oxygens (including phenoxy) is 1. The molecule has 0 amide bonds. The van der Waals surface area contributed by atoms with Crippen molar-refractivity contribution in [1.82, 2.24) is 14.4 Å². The van der Waals surface area contributed by atoms with Crippen LogP contribution >= 0.6 is 0 Å². The van der Waals surface area contributed by atoms with Crippen molar-refractivity contribution < 1.29 is 13.3 Å². The van der Waals surface area contributed by atoms with E-state index in [2.05, 4.69) is 9.97 Å². The molecule has 0 aliphatic heterocycles. The molecule has 0 N–H and O–H groups in total. The van der Waals surface area contributed by atoms with Crippen LogP contribution in [0.2, 0.25) is 0 Å². The highest BCUT2D eigenvalue weighted by Gasteiger charge is 2.18. The molecule has 0 bridgehead atoms. The highest BCUT2D eigenvalue weighted by atomic mass is 32.2. The first-order chi connectivity index (χ1) is 13.1. The molecule has 7 heteroatoms. The number of hydrogen-bond donors (Lipinski definition) is 0. The van der Waals surface area contributed by atoms with Crippen molar-refractivity contribution in [2.75, 3.05) is 13.4 Å². The zero-order valence-electron chi connectivity index (χ0n) is 14.7. The van der Waals surface area contributed by atoms with Crippen LogP contribution in [0.1, 0.15) is 0 Å². The number of aromatic nitrogens is 3. The van der Waals surface area contributed by atoms with Crippen molar-refractivity contribution in [3.8, 4) is 28.3 Å². The largest absolute Gasteiger partial charge is 0.497 e. The Morgan fingerprint density at radius 3 is 2.52 bits per heavy atom. The van der Waals surface area contributed by atoms with E-state index in [-0.39, 0.29) is 4.90 Å². The number of rotatable bonds is 4. The number of methoxy groups -OCH3 is 1. The summed E-state index contributed by atoms with van der Waals surface area (Å²) in [4.78, 5) is 9.11. The van der Waals surface area contributed by atoms with Crippen LogP contribution in [0.3, 0.4) is 0 Å². The van der Waals surface area contributed by atoms with E-state index in [0.717, 1.165) is 17.0 Å². The molecule has 4 rings (SSSR count). The molecule has 2 heterocycles. The first-order valence-electron chi connectivity index (χ1n) is 8.19. The van der Waals surface area contributed by atoms with E-state index in [1.165, 1.54) is 12.3 Å². The van der Waals surface area contributed by atoms with Crippen molar-refractivity contribution in [2.45, 2.75) is 4.90 Å². The Kier molecular flexibility index (Phi) is 4.45. The average Bonchev–Trinajstić information content (AvgIpc) is 3.07. The summed E-state index contributed by atoms with van der Waals surface area (Å²) >= 11 is 0.